The molecular weight excluding hydrogens is 280 g/mol. The molecule has 2 heterocycles. The molecule has 0 aromatic heterocycles. The molecule has 110 valence electrons. The third-order valence-corrected chi connectivity index (χ3v) is 5.49. The van der Waals surface area contributed by atoms with Crippen LogP contribution in [0.5, 0.6) is 5.75 Å². The highest BCUT2D eigenvalue weighted by molar-refractivity contribution is 7.89. The summed E-state index contributed by atoms with van der Waals surface area (Å²) in [5.74, 6) is 0.645. The van der Waals surface area contributed by atoms with Crippen molar-refractivity contribution in [3.05, 3.63) is 24.3 Å². The molecule has 2 fully saturated rings. The molecular formula is C13H18N2O4S. The van der Waals surface area contributed by atoms with E-state index in [4.69, 9.17) is 9.47 Å². The van der Waals surface area contributed by atoms with Gasteiger partial charge in [0, 0.05) is 26.2 Å². The Balaban J connectivity index is 1.83. The van der Waals surface area contributed by atoms with Crippen molar-refractivity contribution in [2.75, 3.05) is 33.3 Å². The smallest absolute Gasteiger partial charge is 0.243 e. The minimum Gasteiger partial charge on any atom is -0.497 e. The van der Waals surface area contributed by atoms with Crippen LogP contribution in [0.1, 0.15) is 0 Å². The highest BCUT2D eigenvalue weighted by Gasteiger charge is 2.37. The molecule has 2 aliphatic heterocycles. The Morgan fingerprint density at radius 3 is 2.35 bits per heavy atom. The maximum absolute atomic E-state index is 12.6. The van der Waals surface area contributed by atoms with E-state index in [0.717, 1.165) is 0 Å². The van der Waals surface area contributed by atoms with Crippen LogP contribution in [0.15, 0.2) is 29.2 Å². The van der Waals surface area contributed by atoms with Crippen molar-refractivity contribution in [3.63, 3.8) is 0 Å². The van der Waals surface area contributed by atoms with Gasteiger partial charge in [-0.25, -0.2) is 8.42 Å². The summed E-state index contributed by atoms with van der Waals surface area (Å²) in [5.41, 5.74) is 0. The molecule has 0 radical (unpaired) electrons. The summed E-state index contributed by atoms with van der Waals surface area (Å²) in [5, 5.41) is 3.25. The van der Waals surface area contributed by atoms with E-state index in [2.05, 4.69) is 5.32 Å². The second-order valence-electron chi connectivity index (χ2n) is 5.04. The molecule has 0 unspecified atom stereocenters. The van der Waals surface area contributed by atoms with Crippen LogP contribution in [0.2, 0.25) is 0 Å². The fraction of sp³-hybridized carbons (Fsp3) is 0.538. The second-order valence-corrected chi connectivity index (χ2v) is 6.97. The number of ether oxygens (including phenoxy) is 2. The number of benzene rings is 1. The lowest BCUT2D eigenvalue weighted by Crippen LogP contribution is -2.59. The van der Waals surface area contributed by atoms with Gasteiger partial charge in [0.1, 0.15) is 5.75 Å². The van der Waals surface area contributed by atoms with E-state index in [1.54, 1.807) is 31.4 Å². The van der Waals surface area contributed by atoms with Crippen molar-refractivity contribution in [1.29, 1.82) is 0 Å². The molecule has 1 aromatic rings. The van der Waals surface area contributed by atoms with Gasteiger partial charge < -0.3 is 14.8 Å². The maximum atomic E-state index is 12.6. The topological polar surface area (TPSA) is 67.9 Å². The van der Waals surface area contributed by atoms with E-state index < -0.39 is 10.0 Å². The number of rotatable bonds is 3. The molecule has 1 aromatic carbocycles. The number of sulfonamides is 1. The average molecular weight is 298 g/mol. The first kappa shape index (κ1) is 13.8. The summed E-state index contributed by atoms with van der Waals surface area (Å²) in [4.78, 5) is 0.297. The van der Waals surface area contributed by atoms with E-state index >= 15 is 0 Å². The van der Waals surface area contributed by atoms with Gasteiger partial charge in [-0.15, -0.1) is 0 Å². The second kappa shape index (κ2) is 5.33. The van der Waals surface area contributed by atoms with Crippen LogP contribution in [0, 0.1) is 0 Å². The quantitative estimate of drug-likeness (QED) is 0.854. The van der Waals surface area contributed by atoms with Gasteiger partial charge in [-0.2, -0.15) is 4.31 Å². The van der Waals surface area contributed by atoms with Crippen LogP contribution in [0.25, 0.3) is 0 Å². The molecule has 0 saturated carbocycles. The lowest BCUT2D eigenvalue weighted by atomic mass is 10.2. The molecule has 0 aliphatic carbocycles. The molecule has 1 N–H and O–H groups in total. The lowest BCUT2D eigenvalue weighted by Gasteiger charge is -2.41. The first-order valence-corrected chi connectivity index (χ1v) is 8.04. The van der Waals surface area contributed by atoms with Gasteiger partial charge in [-0.3, -0.25) is 0 Å². The Labute approximate surface area is 118 Å². The molecule has 2 saturated heterocycles. The van der Waals surface area contributed by atoms with Crippen LogP contribution in [-0.2, 0) is 14.8 Å². The third-order valence-electron chi connectivity index (χ3n) is 3.64. The van der Waals surface area contributed by atoms with Gasteiger partial charge in [0.15, 0.2) is 0 Å². The Bertz CT molecular complexity index is 561. The zero-order valence-corrected chi connectivity index (χ0v) is 12.1. The SMILES string of the molecule is COc1ccc(S(=O)(=O)N2C[C@H]3CNC[C@H](C2)O3)cc1. The summed E-state index contributed by atoms with van der Waals surface area (Å²) in [6.45, 7) is 2.20. The number of nitrogens with zero attached hydrogens (tertiary/aromatic N) is 1. The first-order valence-electron chi connectivity index (χ1n) is 6.60. The third kappa shape index (κ3) is 2.54. The monoisotopic (exact) mass is 298 g/mol. The molecule has 2 aliphatic rings. The number of nitrogens with one attached hydrogen (secondary N) is 1. The Hall–Kier alpha value is -1.15. The van der Waals surface area contributed by atoms with Gasteiger partial charge >= 0.3 is 0 Å². The number of hydrogen-bond acceptors (Lipinski definition) is 5. The highest BCUT2D eigenvalue weighted by atomic mass is 32.2. The zero-order valence-electron chi connectivity index (χ0n) is 11.3. The first-order chi connectivity index (χ1) is 9.59. The van der Waals surface area contributed by atoms with Crippen LogP contribution < -0.4 is 10.1 Å². The van der Waals surface area contributed by atoms with E-state index in [0.29, 0.717) is 36.8 Å². The van der Waals surface area contributed by atoms with Crippen LogP contribution in [0.3, 0.4) is 0 Å². The van der Waals surface area contributed by atoms with Gasteiger partial charge in [0.2, 0.25) is 10.0 Å². The molecule has 20 heavy (non-hydrogen) atoms. The predicted molar refractivity (Wildman–Crippen MR) is 73.3 cm³/mol. The summed E-state index contributed by atoms with van der Waals surface area (Å²) >= 11 is 0. The molecule has 7 heteroatoms. The summed E-state index contributed by atoms with van der Waals surface area (Å²) in [7, 11) is -1.90. The summed E-state index contributed by atoms with van der Waals surface area (Å²) < 4.78 is 37.6. The number of methoxy groups -OCH3 is 1. The van der Waals surface area contributed by atoms with Crippen LogP contribution in [0.4, 0.5) is 0 Å². The van der Waals surface area contributed by atoms with Gasteiger partial charge in [-0.05, 0) is 24.3 Å². The predicted octanol–water partition coefficient (Wildman–Crippen LogP) is 0.0565. The van der Waals surface area contributed by atoms with Crippen LogP contribution in [-0.4, -0.2) is 58.2 Å². The minimum absolute atomic E-state index is 0.0597. The largest absolute Gasteiger partial charge is 0.497 e. The van der Waals surface area contributed by atoms with Gasteiger partial charge in [0.05, 0.1) is 24.2 Å². The molecule has 3 rings (SSSR count). The Morgan fingerprint density at radius 1 is 1.20 bits per heavy atom. The average Bonchev–Trinajstić information content (AvgIpc) is 2.47. The van der Waals surface area contributed by atoms with E-state index in [-0.39, 0.29) is 12.2 Å². The van der Waals surface area contributed by atoms with E-state index in [9.17, 15) is 8.42 Å². The zero-order chi connectivity index (χ0) is 14.2. The lowest BCUT2D eigenvalue weighted by molar-refractivity contribution is -0.0824. The minimum atomic E-state index is -3.46. The van der Waals surface area contributed by atoms with Crippen LogP contribution >= 0.6 is 0 Å². The van der Waals surface area contributed by atoms with Crippen molar-refractivity contribution in [2.24, 2.45) is 0 Å². The maximum Gasteiger partial charge on any atom is 0.243 e. The molecule has 0 amide bonds. The van der Waals surface area contributed by atoms with Gasteiger partial charge in [0.25, 0.3) is 0 Å². The molecule has 2 atom stereocenters. The summed E-state index contributed by atoms with van der Waals surface area (Å²) in [6, 6.07) is 6.49. The normalized spacial score (nSPS) is 27.2. The standard InChI is InChI=1S/C13H18N2O4S/c1-18-10-2-4-13(5-3-10)20(16,17)15-8-11-6-14-7-12(9-15)19-11/h2-5,11-12,14H,6-9H2,1H3/t11-,12-/m1/s1. The number of hydrogen-bond donors (Lipinski definition) is 1. The molecule has 0 spiro atoms. The summed E-state index contributed by atoms with van der Waals surface area (Å²) in [6.07, 6.45) is -0.119. The van der Waals surface area contributed by atoms with Crippen molar-refractivity contribution in [3.8, 4) is 5.75 Å². The fourth-order valence-electron chi connectivity index (χ4n) is 2.61. The van der Waals surface area contributed by atoms with Crippen molar-refractivity contribution in [2.45, 2.75) is 17.1 Å². The van der Waals surface area contributed by atoms with Crippen molar-refractivity contribution < 1.29 is 17.9 Å². The Morgan fingerprint density at radius 2 is 1.80 bits per heavy atom. The van der Waals surface area contributed by atoms with E-state index in [1.807, 2.05) is 0 Å². The number of morpholine rings is 2. The fourth-order valence-corrected chi connectivity index (χ4v) is 4.11. The van der Waals surface area contributed by atoms with Crippen molar-refractivity contribution >= 4 is 10.0 Å². The molecule has 6 nitrogen and oxygen atoms in total. The van der Waals surface area contributed by atoms with Gasteiger partial charge in [-0.1, -0.05) is 0 Å². The highest BCUT2D eigenvalue weighted by Crippen LogP contribution is 2.23. The van der Waals surface area contributed by atoms with Crippen molar-refractivity contribution in [1.82, 2.24) is 9.62 Å². The van der Waals surface area contributed by atoms with E-state index in [1.165, 1.54) is 4.31 Å². The number of fused-ring (bicyclic) bond motifs is 2. The Kier molecular flexibility index (Phi) is 3.68. The molecule has 2 bridgehead atoms.